The van der Waals surface area contributed by atoms with E-state index in [9.17, 15) is 14.7 Å². The first kappa shape index (κ1) is 29.5. The molecule has 2 aliphatic rings. The maximum absolute atomic E-state index is 13.8. The van der Waals surface area contributed by atoms with E-state index in [0.717, 1.165) is 28.9 Å². The van der Waals surface area contributed by atoms with E-state index >= 15 is 0 Å². The standard InChI is InChI=1S/C34H34N2O7S/c1-5-7-14-42-26-13-8-20(17-27(26)41-6-2)30-29(31(37)21-9-12-25-22(16-21)15-19(3)43-25)32(38)33(39)36(30)34-35-24-11-10-23(40-4)18-28(24)44-34/h8-13,16-19,30,37H,5-7,14-15H2,1-4H3/t19-,30-/m0/s1. The van der Waals surface area contributed by atoms with E-state index in [1.54, 1.807) is 43.5 Å². The van der Waals surface area contributed by atoms with Crippen LogP contribution in [-0.2, 0) is 16.0 Å². The number of carbonyl (C=O) groups is 2. The third-order valence-corrected chi connectivity index (χ3v) is 8.76. The van der Waals surface area contributed by atoms with Crippen molar-refractivity contribution in [2.24, 2.45) is 0 Å². The molecule has 0 bridgehead atoms. The molecule has 0 unspecified atom stereocenters. The Kier molecular flexibility index (Phi) is 8.18. The summed E-state index contributed by atoms with van der Waals surface area (Å²) in [4.78, 5) is 33.7. The molecule has 6 rings (SSSR count). The van der Waals surface area contributed by atoms with E-state index in [1.165, 1.54) is 16.2 Å². The smallest absolute Gasteiger partial charge is 0.301 e. The van der Waals surface area contributed by atoms with Crippen LogP contribution in [0, 0.1) is 0 Å². The van der Waals surface area contributed by atoms with Gasteiger partial charge in [-0.25, -0.2) is 4.98 Å². The zero-order valence-corrected chi connectivity index (χ0v) is 25.9. The number of nitrogens with zero attached hydrogens (tertiary/aromatic N) is 2. The minimum atomic E-state index is -0.968. The summed E-state index contributed by atoms with van der Waals surface area (Å²) in [7, 11) is 1.58. The third kappa shape index (κ3) is 5.34. The average molecular weight is 615 g/mol. The minimum Gasteiger partial charge on any atom is -0.507 e. The molecule has 1 saturated heterocycles. The number of rotatable bonds is 10. The number of benzene rings is 3. The second kappa shape index (κ2) is 12.2. The summed E-state index contributed by atoms with van der Waals surface area (Å²) < 4.78 is 23.9. The number of methoxy groups -OCH3 is 1. The number of amides is 1. The van der Waals surface area contributed by atoms with Crippen LogP contribution >= 0.6 is 11.3 Å². The summed E-state index contributed by atoms with van der Waals surface area (Å²) in [6.07, 6.45) is 2.57. The van der Waals surface area contributed by atoms with Crippen molar-refractivity contribution >= 4 is 44.1 Å². The number of Topliss-reactive ketones (excluding diaryl/α,β-unsaturated/α-hetero) is 1. The van der Waals surface area contributed by atoms with E-state index in [2.05, 4.69) is 6.92 Å². The van der Waals surface area contributed by atoms with Crippen molar-refractivity contribution < 1.29 is 33.6 Å². The normalized spacial score (nSPS) is 18.9. The zero-order valence-electron chi connectivity index (χ0n) is 25.1. The molecule has 10 heteroatoms. The molecule has 0 aliphatic carbocycles. The first-order chi connectivity index (χ1) is 21.3. The fraction of sp³-hybridized carbons (Fsp3) is 0.324. The van der Waals surface area contributed by atoms with E-state index in [-0.39, 0.29) is 17.4 Å². The second-order valence-electron chi connectivity index (χ2n) is 10.8. The summed E-state index contributed by atoms with van der Waals surface area (Å²) in [5.41, 5.74) is 2.57. The Balaban J connectivity index is 1.51. The zero-order chi connectivity index (χ0) is 31.0. The maximum Gasteiger partial charge on any atom is 0.301 e. The highest BCUT2D eigenvalue weighted by molar-refractivity contribution is 7.22. The molecule has 0 spiro atoms. The van der Waals surface area contributed by atoms with Gasteiger partial charge in [0.05, 0.1) is 42.2 Å². The van der Waals surface area contributed by atoms with Gasteiger partial charge in [-0.05, 0) is 79.9 Å². The number of aliphatic hydroxyl groups excluding tert-OH is 1. The molecule has 1 N–H and O–H groups in total. The molecule has 1 amide bonds. The molecule has 228 valence electrons. The van der Waals surface area contributed by atoms with Crippen LogP contribution in [0.2, 0.25) is 0 Å². The van der Waals surface area contributed by atoms with E-state index in [1.807, 2.05) is 32.0 Å². The van der Waals surface area contributed by atoms with Crippen molar-refractivity contribution in [3.8, 4) is 23.0 Å². The van der Waals surface area contributed by atoms with Gasteiger partial charge >= 0.3 is 5.91 Å². The number of ether oxygens (including phenoxy) is 4. The number of hydrogen-bond donors (Lipinski definition) is 1. The number of thiazole rings is 1. The number of aromatic nitrogens is 1. The molecule has 9 nitrogen and oxygen atoms in total. The van der Waals surface area contributed by atoms with E-state index < -0.39 is 17.7 Å². The van der Waals surface area contributed by atoms with Crippen molar-refractivity contribution in [3.63, 3.8) is 0 Å². The fourth-order valence-corrected chi connectivity index (χ4v) is 6.62. The topological polar surface area (TPSA) is 107 Å². The fourth-order valence-electron chi connectivity index (χ4n) is 5.60. The first-order valence-corrected chi connectivity index (χ1v) is 15.6. The van der Waals surface area contributed by atoms with E-state index in [4.69, 9.17) is 23.9 Å². The van der Waals surface area contributed by atoms with Crippen LogP contribution in [0.1, 0.15) is 56.3 Å². The summed E-state index contributed by atoms with van der Waals surface area (Å²) in [5.74, 6) is 0.627. The first-order valence-electron chi connectivity index (χ1n) is 14.8. The van der Waals surface area contributed by atoms with Gasteiger partial charge in [0.2, 0.25) is 0 Å². The highest BCUT2D eigenvalue weighted by Gasteiger charge is 2.48. The van der Waals surface area contributed by atoms with Crippen molar-refractivity contribution in [1.29, 1.82) is 0 Å². The van der Waals surface area contributed by atoms with Crippen molar-refractivity contribution in [2.45, 2.75) is 52.2 Å². The highest BCUT2D eigenvalue weighted by atomic mass is 32.1. The van der Waals surface area contributed by atoms with Crippen molar-refractivity contribution in [2.75, 3.05) is 25.2 Å². The quantitative estimate of drug-likeness (QED) is 0.0896. The number of ketones is 1. The Morgan fingerprint density at radius 2 is 1.91 bits per heavy atom. The van der Waals surface area contributed by atoms with Gasteiger partial charge in [0.15, 0.2) is 16.6 Å². The number of aliphatic hydroxyl groups is 1. The molecule has 3 heterocycles. The second-order valence-corrected chi connectivity index (χ2v) is 11.8. The van der Waals surface area contributed by atoms with Gasteiger partial charge in [0.25, 0.3) is 5.78 Å². The number of carbonyl (C=O) groups excluding carboxylic acids is 2. The lowest BCUT2D eigenvalue weighted by molar-refractivity contribution is -0.132. The lowest BCUT2D eigenvalue weighted by atomic mass is 9.94. The number of fused-ring (bicyclic) bond motifs is 2. The van der Waals surface area contributed by atoms with Gasteiger partial charge in [-0.2, -0.15) is 0 Å². The molecule has 1 aromatic heterocycles. The van der Waals surface area contributed by atoms with Gasteiger partial charge in [-0.1, -0.05) is 30.7 Å². The molecule has 2 aliphatic heterocycles. The third-order valence-electron chi connectivity index (χ3n) is 7.74. The highest BCUT2D eigenvalue weighted by Crippen LogP contribution is 2.46. The lowest BCUT2D eigenvalue weighted by Gasteiger charge is -2.24. The van der Waals surface area contributed by atoms with Crippen molar-refractivity contribution in [3.05, 3.63) is 76.9 Å². The minimum absolute atomic E-state index is 0.0145. The molecule has 44 heavy (non-hydrogen) atoms. The molecular formula is C34H34N2O7S. The Bertz CT molecular complexity index is 1780. The van der Waals surface area contributed by atoms with Crippen LogP contribution in [-0.4, -0.2) is 48.2 Å². The van der Waals surface area contributed by atoms with Crippen molar-refractivity contribution in [1.82, 2.24) is 4.98 Å². The van der Waals surface area contributed by atoms with Crippen LogP contribution in [0.3, 0.4) is 0 Å². The molecule has 4 aromatic rings. The number of anilines is 1. The van der Waals surface area contributed by atoms with Crippen LogP contribution < -0.4 is 23.8 Å². The van der Waals surface area contributed by atoms with Crippen LogP contribution in [0.4, 0.5) is 5.13 Å². The van der Waals surface area contributed by atoms with Crippen LogP contribution in [0.5, 0.6) is 23.0 Å². The molecule has 2 atom stereocenters. The molecule has 1 fully saturated rings. The Morgan fingerprint density at radius 3 is 2.68 bits per heavy atom. The van der Waals surface area contributed by atoms with Crippen LogP contribution in [0.25, 0.3) is 16.0 Å². The molecule has 0 saturated carbocycles. The molecule has 3 aromatic carbocycles. The monoisotopic (exact) mass is 614 g/mol. The summed E-state index contributed by atoms with van der Waals surface area (Å²) in [6, 6.07) is 15.1. The maximum atomic E-state index is 13.8. The van der Waals surface area contributed by atoms with Crippen LogP contribution in [0.15, 0.2) is 60.2 Å². The van der Waals surface area contributed by atoms with Gasteiger partial charge in [-0.15, -0.1) is 0 Å². The Labute approximate surface area is 259 Å². The predicted octanol–water partition coefficient (Wildman–Crippen LogP) is 6.83. The van der Waals surface area contributed by atoms with Gasteiger partial charge in [0.1, 0.15) is 23.4 Å². The predicted molar refractivity (Wildman–Crippen MR) is 169 cm³/mol. The van der Waals surface area contributed by atoms with Gasteiger partial charge < -0.3 is 24.1 Å². The summed E-state index contributed by atoms with van der Waals surface area (Å²) in [5, 5.41) is 12.1. The summed E-state index contributed by atoms with van der Waals surface area (Å²) in [6.45, 7) is 6.87. The summed E-state index contributed by atoms with van der Waals surface area (Å²) >= 11 is 1.27. The largest absolute Gasteiger partial charge is 0.507 e. The number of unbranched alkanes of at least 4 members (excludes halogenated alkanes) is 1. The van der Waals surface area contributed by atoms with E-state index in [0.29, 0.717) is 58.7 Å². The lowest BCUT2D eigenvalue weighted by Crippen LogP contribution is -2.29. The molecular weight excluding hydrogens is 580 g/mol. The molecule has 0 radical (unpaired) electrons. The SMILES string of the molecule is CCCCOc1ccc([C@H]2C(=C(O)c3ccc4c(c3)C[C@H](C)O4)C(=O)C(=O)N2c2nc3ccc(OC)cc3s2)cc1OCC. The Morgan fingerprint density at radius 1 is 1.07 bits per heavy atom. The average Bonchev–Trinajstić information content (AvgIpc) is 3.69. The van der Waals surface area contributed by atoms with Gasteiger partial charge in [-0.3, -0.25) is 14.5 Å². The Hall–Kier alpha value is -4.57. The number of hydrogen-bond acceptors (Lipinski definition) is 9. The van der Waals surface area contributed by atoms with Gasteiger partial charge in [0, 0.05) is 12.0 Å².